The number of fused-ring (bicyclic) bond motifs is 2. The highest BCUT2D eigenvalue weighted by Crippen LogP contribution is 2.25. The molecule has 1 N–H and O–H groups in total. The first-order chi connectivity index (χ1) is 13.7. The van der Waals surface area contributed by atoms with Crippen molar-refractivity contribution in [2.24, 2.45) is 0 Å². The maximum atomic E-state index is 12.9. The third kappa shape index (κ3) is 3.02. The number of piperazine rings is 1. The molecule has 0 bridgehead atoms. The molecule has 3 aromatic rings. The van der Waals surface area contributed by atoms with E-state index >= 15 is 0 Å². The van der Waals surface area contributed by atoms with E-state index in [1.54, 1.807) is 0 Å². The Morgan fingerprint density at radius 1 is 1.18 bits per heavy atom. The Bertz CT molecular complexity index is 1070. The molecule has 1 saturated heterocycles. The zero-order valence-corrected chi connectivity index (χ0v) is 16.0. The number of benzene rings is 1. The summed E-state index contributed by atoms with van der Waals surface area (Å²) < 4.78 is 7.38. The molecule has 146 valence electrons. The van der Waals surface area contributed by atoms with Crippen molar-refractivity contribution in [3.05, 3.63) is 40.2 Å². The number of likely N-dealkylation sites (N-methyl/N-ethyl adjacent to an activating group) is 1. The van der Waals surface area contributed by atoms with Crippen LogP contribution in [0.25, 0.3) is 22.4 Å². The van der Waals surface area contributed by atoms with Gasteiger partial charge in [0.25, 0.3) is 11.4 Å². The van der Waals surface area contributed by atoms with Crippen LogP contribution in [0, 0.1) is 0 Å². The van der Waals surface area contributed by atoms with Crippen molar-refractivity contribution >= 4 is 10.9 Å². The lowest BCUT2D eigenvalue weighted by Crippen LogP contribution is -2.44. The van der Waals surface area contributed by atoms with Crippen LogP contribution < -0.4 is 10.9 Å². The van der Waals surface area contributed by atoms with Crippen molar-refractivity contribution in [2.75, 3.05) is 26.7 Å². The third-order valence-electron chi connectivity index (χ3n) is 5.81. The fourth-order valence-electron chi connectivity index (χ4n) is 4.13. The smallest absolute Gasteiger partial charge is 0.261 e. The van der Waals surface area contributed by atoms with Gasteiger partial charge in [0.15, 0.2) is 5.82 Å². The Hall–Kier alpha value is -2.58. The van der Waals surface area contributed by atoms with E-state index in [0.29, 0.717) is 22.6 Å². The van der Waals surface area contributed by atoms with Crippen molar-refractivity contribution in [2.45, 2.75) is 38.3 Å². The Morgan fingerprint density at radius 2 is 2.11 bits per heavy atom. The van der Waals surface area contributed by atoms with Gasteiger partial charge in [0.1, 0.15) is 5.82 Å². The van der Waals surface area contributed by atoms with Crippen LogP contribution in [0.5, 0.6) is 0 Å². The Kier molecular flexibility index (Phi) is 4.44. The summed E-state index contributed by atoms with van der Waals surface area (Å²) in [5.74, 6) is 2.03. The minimum Gasteiger partial charge on any atom is -0.334 e. The number of rotatable bonds is 2. The highest BCUT2D eigenvalue weighted by molar-refractivity contribution is 5.82. The van der Waals surface area contributed by atoms with E-state index in [4.69, 9.17) is 9.51 Å². The first kappa shape index (κ1) is 17.5. The summed E-state index contributed by atoms with van der Waals surface area (Å²) in [7, 11) is 2.07. The van der Waals surface area contributed by atoms with Gasteiger partial charge in [-0.2, -0.15) is 4.98 Å². The quantitative estimate of drug-likeness (QED) is 0.724. The normalized spacial score (nSPS) is 20.8. The number of nitrogens with zero attached hydrogens (tertiary/aromatic N) is 5. The average molecular weight is 380 g/mol. The van der Waals surface area contributed by atoms with E-state index in [2.05, 4.69) is 27.4 Å². The lowest BCUT2D eigenvalue weighted by atomic mass is 10.1. The van der Waals surface area contributed by atoms with Crippen LogP contribution in [-0.2, 0) is 13.0 Å². The molecule has 0 saturated carbocycles. The van der Waals surface area contributed by atoms with E-state index in [1.165, 1.54) is 0 Å². The molecule has 8 nitrogen and oxygen atoms in total. The van der Waals surface area contributed by atoms with Gasteiger partial charge in [0.05, 0.1) is 16.9 Å². The van der Waals surface area contributed by atoms with Gasteiger partial charge in [-0.15, -0.1) is 0 Å². The second-order valence-electron chi connectivity index (χ2n) is 7.69. The number of hydrogen-bond acceptors (Lipinski definition) is 7. The van der Waals surface area contributed by atoms with Gasteiger partial charge in [-0.1, -0.05) is 11.6 Å². The molecule has 1 unspecified atom stereocenters. The molecular weight excluding hydrogens is 356 g/mol. The molecular formula is C20H24N6O2. The highest BCUT2D eigenvalue weighted by atomic mass is 16.5. The first-order valence-electron chi connectivity index (χ1n) is 9.99. The van der Waals surface area contributed by atoms with Crippen LogP contribution in [0.3, 0.4) is 0 Å². The van der Waals surface area contributed by atoms with E-state index in [0.717, 1.165) is 63.3 Å². The Labute approximate surface area is 162 Å². The van der Waals surface area contributed by atoms with Crippen molar-refractivity contribution in [1.29, 1.82) is 0 Å². The summed E-state index contributed by atoms with van der Waals surface area (Å²) in [5, 5.41) is 8.20. The van der Waals surface area contributed by atoms with Crippen LogP contribution in [0.15, 0.2) is 27.5 Å². The van der Waals surface area contributed by atoms with Gasteiger partial charge in [-0.25, -0.2) is 4.98 Å². The standard InChI is InChI=1S/C20H24N6O2/c1-25-10-8-21-12-16(25)18-23-19(28-24-18)13-6-7-14-15(11-13)22-17-5-3-2-4-9-26(17)20(14)27/h6-7,11,16,21H,2-5,8-10,12H2,1H3. The molecule has 1 aromatic carbocycles. The average Bonchev–Trinajstić information content (AvgIpc) is 3.07. The predicted octanol–water partition coefficient (Wildman–Crippen LogP) is 1.75. The minimum atomic E-state index is 0.0505. The Balaban J connectivity index is 1.53. The second-order valence-corrected chi connectivity index (χ2v) is 7.69. The SMILES string of the molecule is CN1CCNCC1c1noc(-c2ccc3c(=O)n4c(nc3c2)CCCCC4)n1. The van der Waals surface area contributed by atoms with Crippen LogP contribution in [0.1, 0.15) is 37.0 Å². The second kappa shape index (κ2) is 7.10. The van der Waals surface area contributed by atoms with Gasteiger partial charge in [0.2, 0.25) is 0 Å². The highest BCUT2D eigenvalue weighted by Gasteiger charge is 2.25. The molecule has 28 heavy (non-hydrogen) atoms. The van der Waals surface area contributed by atoms with Crippen molar-refractivity contribution in [3.8, 4) is 11.5 Å². The third-order valence-corrected chi connectivity index (χ3v) is 5.81. The topological polar surface area (TPSA) is 89.1 Å². The summed E-state index contributed by atoms with van der Waals surface area (Å²) in [5.41, 5.74) is 1.55. The van der Waals surface area contributed by atoms with E-state index in [9.17, 15) is 4.79 Å². The molecule has 0 aliphatic carbocycles. The summed E-state index contributed by atoms with van der Waals surface area (Å²) in [6, 6.07) is 5.69. The molecule has 2 aliphatic rings. The van der Waals surface area contributed by atoms with E-state index in [1.807, 2.05) is 22.8 Å². The van der Waals surface area contributed by atoms with Gasteiger partial charge in [-0.05, 0) is 38.1 Å². The summed E-state index contributed by atoms with van der Waals surface area (Å²) in [4.78, 5) is 24.5. The molecule has 2 aromatic heterocycles. The van der Waals surface area contributed by atoms with Crippen molar-refractivity contribution < 1.29 is 4.52 Å². The monoisotopic (exact) mass is 380 g/mol. The predicted molar refractivity (Wildman–Crippen MR) is 105 cm³/mol. The fraction of sp³-hybridized carbons (Fsp3) is 0.500. The van der Waals surface area contributed by atoms with Crippen LogP contribution >= 0.6 is 0 Å². The first-order valence-corrected chi connectivity index (χ1v) is 9.99. The zero-order chi connectivity index (χ0) is 19.1. The molecule has 0 radical (unpaired) electrons. The lowest BCUT2D eigenvalue weighted by Gasteiger charge is -2.30. The van der Waals surface area contributed by atoms with Crippen LogP contribution in [0.4, 0.5) is 0 Å². The fourth-order valence-corrected chi connectivity index (χ4v) is 4.13. The minimum absolute atomic E-state index is 0.0505. The molecule has 1 fully saturated rings. The summed E-state index contributed by atoms with van der Waals surface area (Å²) in [6.45, 7) is 3.48. The molecule has 1 atom stereocenters. The summed E-state index contributed by atoms with van der Waals surface area (Å²) in [6.07, 6.45) is 4.10. The number of aryl methyl sites for hydroxylation is 1. The molecule has 8 heteroatoms. The molecule has 0 amide bonds. The Morgan fingerprint density at radius 3 is 3.00 bits per heavy atom. The molecule has 0 spiro atoms. The largest absolute Gasteiger partial charge is 0.334 e. The van der Waals surface area contributed by atoms with Crippen molar-refractivity contribution in [3.63, 3.8) is 0 Å². The molecule has 2 aliphatic heterocycles. The van der Waals surface area contributed by atoms with Crippen molar-refractivity contribution in [1.82, 2.24) is 29.9 Å². The van der Waals surface area contributed by atoms with E-state index < -0.39 is 0 Å². The van der Waals surface area contributed by atoms with Gasteiger partial charge in [-0.3, -0.25) is 14.3 Å². The molecule has 4 heterocycles. The molecule has 5 rings (SSSR count). The maximum Gasteiger partial charge on any atom is 0.261 e. The lowest BCUT2D eigenvalue weighted by molar-refractivity contribution is 0.190. The van der Waals surface area contributed by atoms with Crippen LogP contribution in [0.2, 0.25) is 0 Å². The summed E-state index contributed by atoms with van der Waals surface area (Å²) >= 11 is 0. The van der Waals surface area contributed by atoms with Gasteiger partial charge in [0, 0.05) is 38.2 Å². The number of aromatic nitrogens is 4. The van der Waals surface area contributed by atoms with Gasteiger partial charge < -0.3 is 9.84 Å². The maximum absolute atomic E-state index is 12.9. The number of nitrogens with one attached hydrogen (secondary N) is 1. The van der Waals surface area contributed by atoms with Crippen LogP contribution in [-0.4, -0.2) is 51.3 Å². The number of hydrogen-bond donors (Lipinski definition) is 1. The zero-order valence-electron chi connectivity index (χ0n) is 16.0. The van der Waals surface area contributed by atoms with Gasteiger partial charge >= 0.3 is 0 Å². The van der Waals surface area contributed by atoms with E-state index in [-0.39, 0.29) is 11.6 Å².